The molecule has 2 atom stereocenters. The Morgan fingerprint density at radius 2 is 2.00 bits per heavy atom. The van der Waals surface area contributed by atoms with E-state index < -0.39 is 6.10 Å². The zero-order chi connectivity index (χ0) is 14.4. The van der Waals surface area contributed by atoms with E-state index >= 15 is 0 Å². The molecule has 5 heteroatoms. The van der Waals surface area contributed by atoms with Gasteiger partial charge in [-0.3, -0.25) is 4.79 Å². The minimum absolute atomic E-state index is 0.247. The second-order valence-electron chi connectivity index (χ2n) is 5.85. The molecule has 1 saturated heterocycles. The summed E-state index contributed by atoms with van der Waals surface area (Å²) in [6.07, 6.45) is -1.01. The quantitative estimate of drug-likeness (QED) is 0.825. The Morgan fingerprint density at radius 3 is 2.70 bits per heavy atom. The van der Waals surface area contributed by atoms with Gasteiger partial charge in [-0.05, 0) is 26.1 Å². The lowest BCUT2D eigenvalue weighted by Crippen LogP contribution is -2.50. The third kappa shape index (κ3) is 1.98. The van der Waals surface area contributed by atoms with Crippen LogP contribution in [0.3, 0.4) is 0 Å². The van der Waals surface area contributed by atoms with Crippen LogP contribution in [0.15, 0.2) is 18.2 Å². The molecule has 0 aliphatic carbocycles. The number of likely N-dealkylation sites (N-methyl/N-ethyl adjacent to an activating group) is 2. The molecular weight excluding hydrogens is 254 g/mol. The summed E-state index contributed by atoms with van der Waals surface area (Å²) in [4.78, 5) is 18.1. The molecule has 0 saturated carbocycles. The number of carbonyl (C=O) groups excluding carboxylic acids is 1. The van der Waals surface area contributed by atoms with Gasteiger partial charge in [0.1, 0.15) is 0 Å². The largest absolute Gasteiger partial charge is 0.378 e. The molecule has 1 aromatic carbocycles. The molecule has 3 rings (SSSR count). The molecule has 1 fully saturated rings. The van der Waals surface area contributed by atoms with E-state index in [-0.39, 0.29) is 5.91 Å². The van der Waals surface area contributed by atoms with Crippen LogP contribution < -0.4 is 9.80 Å². The van der Waals surface area contributed by atoms with E-state index in [9.17, 15) is 9.90 Å². The third-order valence-corrected chi connectivity index (χ3v) is 4.40. The van der Waals surface area contributed by atoms with Crippen LogP contribution in [0.25, 0.3) is 0 Å². The number of hydrogen-bond acceptors (Lipinski definition) is 4. The molecule has 2 aliphatic rings. The molecular formula is C15H21N3O2. The number of aliphatic hydroxyl groups excluding tert-OH is 1. The van der Waals surface area contributed by atoms with E-state index in [2.05, 4.69) is 23.8 Å². The molecule has 0 bridgehead atoms. The fraction of sp³-hybridized carbons (Fsp3) is 0.533. The summed E-state index contributed by atoms with van der Waals surface area (Å²) < 4.78 is 0. The lowest BCUT2D eigenvalue weighted by atomic mass is 10.1. The average Bonchev–Trinajstić information content (AvgIpc) is 2.64. The van der Waals surface area contributed by atoms with Crippen LogP contribution in [0.2, 0.25) is 0 Å². The summed E-state index contributed by atoms with van der Waals surface area (Å²) >= 11 is 0. The number of anilines is 2. The van der Waals surface area contributed by atoms with Crippen molar-refractivity contribution >= 4 is 17.3 Å². The highest BCUT2D eigenvalue weighted by Gasteiger charge is 2.34. The highest BCUT2D eigenvalue weighted by atomic mass is 16.3. The van der Waals surface area contributed by atoms with Crippen LogP contribution in [0.4, 0.5) is 11.4 Å². The summed E-state index contributed by atoms with van der Waals surface area (Å²) in [7, 11) is 3.86. The Hall–Kier alpha value is -1.59. The number of carbonyl (C=O) groups is 1. The first-order chi connectivity index (χ1) is 9.49. The van der Waals surface area contributed by atoms with Crippen molar-refractivity contribution in [1.29, 1.82) is 0 Å². The van der Waals surface area contributed by atoms with Crippen LogP contribution in [0.5, 0.6) is 0 Å². The highest BCUT2D eigenvalue weighted by Crippen LogP contribution is 2.38. The van der Waals surface area contributed by atoms with Crippen molar-refractivity contribution in [3.63, 3.8) is 0 Å². The monoisotopic (exact) mass is 275 g/mol. The van der Waals surface area contributed by atoms with Crippen molar-refractivity contribution in [3.8, 4) is 0 Å². The van der Waals surface area contributed by atoms with Crippen molar-refractivity contribution in [1.82, 2.24) is 4.90 Å². The average molecular weight is 275 g/mol. The molecule has 1 N–H and O–H groups in total. The van der Waals surface area contributed by atoms with Crippen molar-refractivity contribution in [2.45, 2.75) is 19.1 Å². The summed E-state index contributed by atoms with van der Waals surface area (Å²) in [5.41, 5.74) is 2.66. The molecule has 2 aliphatic heterocycles. The van der Waals surface area contributed by atoms with E-state index in [4.69, 9.17) is 0 Å². The lowest BCUT2D eigenvalue weighted by molar-refractivity contribution is -0.125. The van der Waals surface area contributed by atoms with Crippen LogP contribution in [-0.2, 0) is 4.79 Å². The van der Waals surface area contributed by atoms with Crippen molar-refractivity contribution in [2.24, 2.45) is 0 Å². The van der Waals surface area contributed by atoms with Crippen LogP contribution >= 0.6 is 0 Å². The number of aliphatic hydroxyl groups is 1. The number of piperazine rings is 1. The SMILES string of the molecule is CC1CN(C)CCN1c1ccc2c(c1)N(C)C(=O)C2O. The Morgan fingerprint density at radius 1 is 1.25 bits per heavy atom. The maximum absolute atomic E-state index is 11.8. The maximum Gasteiger partial charge on any atom is 0.260 e. The van der Waals surface area contributed by atoms with Crippen molar-refractivity contribution in [3.05, 3.63) is 23.8 Å². The van der Waals surface area contributed by atoms with Gasteiger partial charge < -0.3 is 19.8 Å². The number of nitrogens with zero attached hydrogens (tertiary/aromatic N) is 3. The van der Waals surface area contributed by atoms with Crippen molar-refractivity contribution < 1.29 is 9.90 Å². The molecule has 1 aromatic rings. The zero-order valence-electron chi connectivity index (χ0n) is 12.2. The molecule has 5 nitrogen and oxygen atoms in total. The van der Waals surface area contributed by atoms with Gasteiger partial charge in [0.25, 0.3) is 5.91 Å². The fourth-order valence-electron chi connectivity index (χ4n) is 3.19. The van der Waals surface area contributed by atoms with Gasteiger partial charge in [-0.2, -0.15) is 0 Å². The van der Waals surface area contributed by atoms with Gasteiger partial charge in [0.05, 0.1) is 5.69 Å². The normalized spacial score (nSPS) is 27.1. The maximum atomic E-state index is 11.8. The van der Waals surface area contributed by atoms with Gasteiger partial charge in [0.15, 0.2) is 6.10 Å². The predicted molar refractivity (Wildman–Crippen MR) is 79.1 cm³/mol. The fourth-order valence-corrected chi connectivity index (χ4v) is 3.19. The van der Waals surface area contributed by atoms with E-state index in [1.807, 2.05) is 18.2 Å². The van der Waals surface area contributed by atoms with Crippen LogP contribution in [0, 0.1) is 0 Å². The van der Waals surface area contributed by atoms with Crippen molar-refractivity contribution in [2.75, 3.05) is 43.5 Å². The number of benzene rings is 1. The van der Waals surface area contributed by atoms with Crippen LogP contribution in [0.1, 0.15) is 18.6 Å². The lowest BCUT2D eigenvalue weighted by Gasteiger charge is -2.40. The number of fused-ring (bicyclic) bond motifs is 1. The predicted octanol–water partition coefficient (Wildman–Crippen LogP) is 0.837. The van der Waals surface area contributed by atoms with E-state index in [1.54, 1.807) is 11.9 Å². The molecule has 0 spiro atoms. The molecule has 2 unspecified atom stereocenters. The first-order valence-electron chi connectivity index (χ1n) is 7.04. The summed E-state index contributed by atoms with van der Waals surface area (Å²) in [5.74, 6) is -0.247. The molecule has 0 aromatic heterocycles. The Kier molecular flexibility index (Phi) is 3.18. The summed E-state index contributed by atoms with van der Waals surface area (Å²) in [6.45, 7) is 5.27. The van der Waals surface area contributed by atoms with Gasteiger partial charge >= 0.3 is 0 Å². The zero-order valence-corrected chi connectivity index (χ0v) is 12.2. The highest BCUT2D eigenvalue weighted by molar-refractivity contribution is 6.03. The molecule has 2 heterocycles. The smallest absolute Gasteiger partial charge is 0.260 e. The number of amides is 1. The Balaban J connectivity index is 1.92. The molecule has 1 amide bonds. The van der Waals surface area contributed by atoms with Gasteiger partial charge in [0.2, 0.25) is 0 Å². The summed E-state index contributed by atoms with van der Waals surface area (Å²) in [6, 6.07) is 6.35. The van der Waals surface area contributed by atoms with Gasteiger partial charge in [0, 0.05) is 44.0 Å². The Bertz CT molecular complexity index is 546. The van der Waals surface area contributed by atoms with E-state index in [0.717, 1.165) is 31.0 Å². The van der Waals surface area contributed by atoms with Crippen LogP contribution in [-0.4, -0.2) is 55.7 Å². The third-order valence-electron chi connectivity index (χ3n) is 4.40. The minimum atomic E-state index is -1.01. The summed E-state index contributed by atoms with van der Waals surface area (Å²) in [5, 5.41) is 9.90. The number of hydrogen-bond donors (Lipinski definition) is 1. The molecule has 108 valence electrons. The first-order valence-corrected chi connectivity index (χ1v) is 7.04. The van der Waals surface area contributed by atoms with E-state index in [0.29, 0.717) is 11.6 Å². The van der Waals surface area contributed by atoms with Gasteiger partial charge in [-0.1, -0.05) is 6.07 Å². The Labute approximate surface area is 119 Å². The topological polar surface area (TPSA) is 47.0 Å². The van der Waals surface area contributed by atoms with Gasteiger partial charge in [-0.25, -0.2) is 0 Å². The van der Waals surface area contributed by atoms with Gasteiger partial charge in [-0.15, -0.1) is 0 Å². The second kappa shape index (κ2) is 4.75. The molecule has 0 radical (unpaired) electrons. The minimum Gasteiger partial charge on any atom is -0.378 e. The second-order valence-corrected chi connectivity index (χ2v) is 5.85. The standard InChI is InChI=1S/C15H21N3O2/c1-10-9-16(2)6-7-18(10)11-4-5-12-13(8-11)17(3)15(20)14(12)19/h4-5,8,10,14,19H,6-7,9H2,1-3H3. The number of rotatable bonds is 1. The first kappa shape index (κ1) is 13.4. The van der Waals surface area contributed by atoms with E-state index in [1.165, 1.54) is 0 Å². The molecule has 20 heavy (non-hydrogen) atoms.